The van der Waals surface area contributed by atoms with Crippen molar-refractivity contribution in [2.45, 2.75) is 20.0 Å². The van der Waals surface area contributed by atoms with Crippen LogP contribution >= 0.6 is 11.3 Å². The summed E-state index contributed by atoms with van der Waals surface area (Å²) >= 11 is 1.57. The lowest BCUT2D eigenvalue weighted by Crippen LogP contribution is -2.30. The number of nitrogens with two attached hydrogens (primary N) is 1. The number of rotatable bonds is 3. The van der Waals surface area contributed by atoms with Crippen molar-refractivity contribution < 1.29 is 5.11 Å². The summed E-state index contributed by atoms with van der Waals surface area (Å²) in [5.41, 5.74) is 5.33. The van der Waals surface area contributed by atoms with Crippen LogP contribution in [0.15, 0.2) is 17.5 Å². The van der Waals surface area contributed by atoms with E-state index in [1.54, 1.807) is 11.3 Å². The molecule has 1 aromatic heterocycles. The molecule has 3 heteroatoms. The standard InChI is InChI=1S/C9H15NOS/c1-9(2,6-10)8(11)7-4-3-5-12-7/h3-5,8,11H,6,10H2,1-2H3. The van der Waals surface area contributed by atoms with Crippen LogP contribution in [0.2, 0.25) is 0 Å². The number of thiophene rings is 1. The molecular weight excluding hydrogens is 170 g/mol. The first-order chi connectivity index (χ1) is 5.58. The monoisotopic (exact) mass is 185 g/mol. The third kappa shape index (κ3) is 1.86. The van der Waals surface area contributed by atoms with Crippen LogP contribution in [0.3, 0.4) is 0 Å². The highest BCUT2D eigenvalue weighted by Crippen LogP contribution is 2.34. The van der Waals surface area contributed by atoms with E-state index >= 15 is 0 Å². The molecule has 0 fully saturated rings. The van der Waals surface area contributed by atoms with E-state index in [-0.39, 0.29) is 5.41 Å². The average molecular weight is 185 g/mol. The van der Waals surface area contributed by atoms with Crippen molar-refractivity contribution in [2.24, 2.45) is 11.1 Å². The van der Waals surface area contributed by atoms with Gasteiger partial charge in [0, 0.05) is 16.8 Å². The van der Waals surface area contributed by atoms with Gasteiger partial charge in [-0.1, -0.05) is 19.9 Å². The summed E-state index contributed by atoms with van der Waals surface area (Å²) in [7, 11) is 0. The third-order valence-electron chi connectivity index (χ3n) is 2.08. The van der Waals surface area contributed by atoms with E-state index in [2.05, 4.69) is 0 Å². The smallest absolute Gasteiger partial charge is 0.0944 e. The van der Waals surface area contributed by atoms with Gasteiger partial charge < -0.3 is 10.8 Å². The van der Waals surface area contributed by atoms with Crippen molar-refractivity contribution in [3.63, 3.8) is 0 Å². The second kappa shape index (κ2) is 3.56. The molecule has 0 aliphatic rings. The minimum absolute atomic E-state index is 0.231. The van der Waals surface area contributed by atoms with Gasteiger partial charge in [0.2, 0.25) is 0 Å². The molecule has 0 saturated heterocycles. The van der Waals surface area contributed by atoms with E-state index in [9.17, 15) is 5.11 Å². The van der Waals surface area contributed by atoms with E-state index in [0.29, 0.717) is 6.54 Å². The Hall–Kier alpha value is -0.380. The topological polar surface area (TPSA) is 46.2 Å². The fraction of sp³-hybridized carbons (Fsp3) is 0.556. The highest BCUT2D eigenvalue weighted by Gasteiger charge is 2.27. The van der Waals surface area contributed by atoms with E-state index < -0.39 is 6.10 Å². The van der Waals surface area contributed by atoms with Crippen LogP contribution in [0.25, 0.3) is 0 Å². The van der Waals surface area contributed by atoms with E-state index in [1.807, 2.05) is 31.4 Å². The predicted molar refractivity (Wildman–Crippen MR) is 52.1 cm³/mol. The van der Waals surface area contributed by atoms with Crippen LogP contribution in [0.4, 0.5) is 0 Å². The van der Waals surface area contributed by atoms with Crippen molar-refractivity contribution in [2.75, 3.05) is 6.54 Å². The minimum Gasteiger partial charge on any atom is -0.387 e. The van der Waals surface area contributed by atoms with Gasteiger partial charge >= 0.3 is 0 Å². The first kappa shape index (κ1) is 9.71. The van der Waals surface area contributed by atoms with Gasteiger partial charge in [0.25, 0.3) is 0 Å². The molecule has 0 aliphatic carbocycles. The average Bonchev–Trinajstić information content (AvgIpc) is 2.55. The maximum Gasteiger partial charge on any atom is 0.0944 e. The Morgan fingerprint density at radius 1 is 1.67 bits per heavy atom. The van der Waals surface area contributed by atoms with Crippen LogP contribution < -0.4 is 5.73 Å². The zero-order chi connectivity index (χ0) is 9.19. The van der Waals surface area contributed by atoms with Gasteiger partial charge in [0.05, 0.1) is 6.10 Å². The molecule has 0 spiro atoms. The summed E-state index contributed by atoms with van der Waals surface area (Å²) in [5.74, 6) is 0. The van der Waals surface area contributed by atoms with Crippen molar-refractivity contribution in [3.05, 3.63) is 22.4 Å². The van der Waals surface area contributed by atoms with Crippen molar-refractivity contribution in [1.29, 1.82) is 0 Å². The Kier molecular flexibility index (Phi) is 2.88. The van der Waals surface area contributed by atoms with Crippen LogP contribution in [-0.4, -0.2) is 11.7 Å². The SMILES string of the molecule is CC(C)(CN)C(O)c1cccs1. The quantitative estimate of drug-likeness (QED) is 0.754. The zero-order valence-corrected chi connectivity index (χ0v) is 8.27. The summed E-state index contributed by atoms with van der Waals surface area (Å²) in [6.07, 6.45) is -0.442. The molecule has 3 N–H and O–H groups in total. The van der Waals surface area contributed by atoms with Gasteiger partial charge in [0.15, 0.2) is 0 Å². The zero-order valence-electron chi connectivity index (χ0n) is 7.45. The molecule has 0 bridgehead atoms. The lowest BCUT2D eigenvalue weighted by Gasteiger charge is -2.27. The predicted octanol–water partition coefficient (Wildman–Crippen LogP) is 1.77. The Balaban J connectivity index is 2.78. The molecule has 0 saturated carbocycles. The van der Waals surface area contributed by atoms with Crippen LogP contribution in [0, 0.1) is 5.41 Å². The largest absolute Gasteiger partial charge is 0.387 e. The summed E-state index contributed by atoms with van der Waals surface area (Å²) in [6, 6.07) is 3.88. The Morgan fingerprint density at radius 2 is 2.33 bits per heavy atom. The number of hydrogen-bond acceptors (Lipinski definition) is 3. The van der Waals surface area contributed by atoms with Gasteiger partial charge in [-0.2, -0.15) is 0 Å². The molecule has 68 valence electrons. The van der Waals surface area contributed by atoms with Gasteiger partial charge in [-0.15, -0.1) is 11.3 Å². The second-order valence-corrected chi connectivity index (χ2v) is 4.59. The fourth-order valence-corrected chi connectivity index (χ4v) is 1.86. The number of aliphatic hydroxyl groups is 1. The lowest BCUT2D eigenvalue weighted by atomic mass is 9.86. The van der Waals surface area contributed by atoms with Crippen molar-refractivity contribution >= 4 is 11.3 Å². The summed E-state index contributed by atoms with van der Waals surface area (Å²) in [4.78, 5) is 0.991. The molecule has 0 amide bonds. The Morgan fingerprint density at radius 3 is 2.75 bits per heavy atom. The van der Waals surface area contributed by atoms with Gasteiger partial charge in [-0.05, 0) is 11.4 Å². The molecule has 1 atom stereocenters. The molecular formula is C9H15NOS. The first-order valence-electron chi connectivity index (χ1n) is 3.99. The van der Waals surface area contributed by atoms with Crippen molar-refractivity contribution in [1.82, 2.24) is 0 Å². The fourth-order valence-electron chi connectivity index (χ4n) is 0.944. The second-order valence-electron chi connectivity index (χ2n) is 3.61. The lowest BCUT2D eigenvalue weighted by molar-refractivity contribution is 0.0586. The van der Waals surface area contributed by atoms with Crippen molar-refractivity contribution in [3.8, 4) is 0 Å². The van der Waals surface area contributed by atoms with Crippen LogP contribution in [0.1, 0.15) is 24.8 Å². The number of aliphatic hydroxyl groups excluding tert-OH is 1. The summed E-state index contributed by atoms with van der Waals surface area (Å²) in [5, 5.41) is 11.8. The molecule has 0 radical (unpaired) electrons. The van der Waals surface area contributed by atoms with Gasteiger partial charge in [0.1, 0.15) is 0 Å². The molecule has 1 rings (SSSR count). The molecule has 1 unspecified atom stereocenters. The summed E-state index contributed by atoms with van der Waals surface area (Å²) < 4.78 is 0. The number of hydrogen-bond donors (Lipinski definition) is 2. The van der Waals surface area contributed by atoms with E-state index in [0.717, 1.165) is 4.88 Å². The third-order valence-corrected chi connectivity index (χ3v) is 3.00. The van der Waals surface area contributed by atoms with Gasteiger partial charge in [-0.25, -0.2) is 0 Å². The summed E-state index contributed by atoms with van der Waals surface area (Å²) in [6.45, 7) is 4.43. The highest BCUT2D eigenvalue weighted by atomic mass is 32.1. The van der Waals surface area contributed by atoms with E-state index in [4.69, 9.17) is 5.73 Å². The minimum atomic E-state index is -0.442. The maximum atomic E-state index is 9.87. The molecule has 12 heavy (non-hydrogen) atoms. The normalized spacial score (nSPS) is 14.7. The Labute approximate surface area is 77.0 Å². The van der Waals surface area contributed by atoms with Gasteiger partial charge in [-0.3, -0.25) is 0 Å². The molecule has 1 aromatic rings. The Bertz CT molecular complexity index is 231. The van der Waals surface area contributed by atoms with E-state index in [1.165, 1.54) is 0 Å². The maximum absolute atomic E-state index is 9.87. The van der Waals surface area contributed by atoms with Crippen LogP contribution in [-0.2, 0) is 0 Å². The first-order valence-corrected chi connectivity index (χ1v) is 4.87. The molecule has 0 aliphatic heterocycles. The molecule has 0 aromatic carbocycles. The highest BCUT2D eigenvalue weighted by molar-refractivity contribution is 7.10. The van der Waals surface area contributed by atoms with Crippen LogP contribution in [0.5, 0.6) is 0 Å². The molecule has 1 heterocycles. The molecule has 2 nitrogen and oxygen atoms in total.